The molecule has 0 N–H and O–H groups in total. The number of carbonyl (C=O) groups is 1. The molecule has 1 aliphatic rings. The average molecular weight is 409 g/mol. The fraction of sp³-hybridized carbons (Fsp3) is 0.316. The van der Waals surface area contributed by atoms with E-state index in [4.69, 9.17) is 16.3 Å². The number of carbonyl (C=O) groups excluding carboxylic acids is 1. The van der Waals surface area contributed by atoms with Gasteiger partial charge in [-0.1, -0.05) is 41.4 Å². The van der Waals surface area contributed by atoms with Crippen molar-refractivity contribution >= 4 is 33.2 Å². The molecule has 1 amide bonds. The molecule has 0 radical (unpaired) electrons. The maximum absolute atomic E-state index is 13.3. The van der Waals surface area contributed by atoms with Gasteiger partial charge in [-0.2, -0.15) is 0 Å². The van der Waals surface area contributed by atoms with Crippen LogP contribution in [0.15, 0.2) is 53.4 Å². The van der Waals surface area contributed by atoms with E-state index in [0.29, 0.717) is 26.3 Å². The highest BCUT2D eigenvalue weighted by atomic mass is 35.5. The predicted molar refractivity (Wildman–Crippen MR) is 105 cm³/mol. The number of anilines is 1. The Balaban J connectivity index is 1.98. The maximum Gasteiger partial charge on any atom is 0.264 e. The van der Waals surface area contributed by atoms with Crippen molar-refractivity contribution < 1.29 is 17.9 Å². The van der Waals surface area contributed by atoms with Gasteiger partial charge in [0.1, 0.15) is 6.54 Å². The van der Waals surface area contributed by atoms with Crippen LogP contribution in [0.2, 0.25) is 5.02 Å². The minimum absolute atomic E-state index is 0.114. The summed E-state index contributed by atoms with van der Waals surface area (Å²) in [5.41, 5.74) is 1.23. The second-order valence-corrected chi connectivity index (χ2v) is 8.54. The quantitative estimate of drug-likeness (QED) is 0.762. The molecule has 1 heterocycles. The van der Waals surface area contributed by atoms with Gasteiger partial charge in [0, 0.05) is 13.1 Å². The zero-order chi connectivity index (χ0) is 19.4. The number of ether oxygens (including phenoxy) is 1. The SMILES string of the molecule is Cc1ccc(S(=O)(=O)N(CC(=O)N2CCOCC2)c2ccccc2Cl)cc1. The Labute approximate surface area is 164 Å². The van der Waals surface area contributed by atoms with E-state index < -0.39 is 10.0 Å². The van der Waals surface area contributed by atoms with E-state index >= 15 is 0 Å². The van der Waals surface area contributed by atoms with Crippen molar-refractivity contribution in [3.63, 3.8) is 0 Å². The number of morpholine rings is 1. The number of benzene rings is 2. The lowest BCUT2D eigenvalue weighted by atomic mass is 10.2. The third kappa shape index (κ3) is 4.43. The van der Waals surface area contributed by atoms with Gasteiger partial charge in [0.05, 0.1) is 28.8 Å². The van der Waals surface area contributed by atoms with Crippen molar-refractivity contribution in [2.75, 3.05) is 37.2 Å². The number of nitrogens with zero attached hydrogens (tertiary/aromatic N) is 2. The molecule has 0 aliphatic carbocycles. The molecule has 0 atom stereocenters. The van der Waals surface area contributed by atoms with Crippen molar-refractivity contribution in [3.05, 3.63) is 59.1 Å². The lowest BCUT2D eigenvalue weighted by molar-refractivity contribution is -0.133. The molecule has 0 spiro atoms. The second kappa shape index (κ2) is 8.29. The molecule has 0 aromatic heterocycles. The molecular formula is C19H21ClN2O4S. The van der Waals surface area contributed by atoms with Crippen LogP contribution in [0.1, 0.15) is 5.56 Å². The van der Waals surface area contributed by atoms with Crippen molar-refractivity contribution in [1.29, 1.82) is 0 Å². The number of rotatable bonds is 5. The monoisotopic (exact) mass is 408 g/mol. The largest absolute Gasteiger partial charge is 0.378 e. The summed E-state index contributed by atoms with van der Waals surface area (Å²) in [5.74, 6) is -0.283. The van der Waals surface area contributed by atoms with Gasteiger partial charge in [-0.3, -0.25) is 9.10 Å². The third-order valence-electron chi connectivity index (χ3n) is 4.37. The highest BCUT2D eigenvalue weighted by Gasteiger charge is 2.30. The number of halogens is 1. The number of hydrogen-bond acceptors (Lipinski definition) is 4. The first-order valence-electron chi connectivity index (χ1n) is 8.59. The topological polar surface area (TPSA) is 66.9 Å². The van der Waals surface area contributed by atoms with Gasteiger partial charge in [-0.15, -0.1) is 0 Å². The standard InChI is InChI=1S/C19H21ClN2O4S/c1-15-6-8-16(9-7-15)27(24,25)22(18-5-3-2-4-17(18)20)14-19(23)21-10-12-26-13-11-21/h2-9H,10-14H2,1H3. The van der Waals surface area contributed by atoms with E-state index in [2.05, 4.69) is 0 Å². The van der Waals surface area contributed by atoms with Gasteiger partial charge in [0.2, 0.25) is 5.91 Å². The molecular weight excluding hydrogens is 388 g/mol. The van der Waals surface area contributed by atoms with Gasteiger partial charge in [0.15, 0.2) is 0 Å². The van der Waals surface area contributed by atoms with Crippen LogP contribution in [0, 0.1) is 6.92 Å². The van der Waals surface area contributed by atoms with E-state index in [1.165, 1.54) is 12.1 Å². The van der Waals surface area contributed by atoms with Crippen molar-refractivity contribution in [3.8, 4) is 0 Å². The Morgan fingerprint density at radius 3 is 2.37 bits per heavy atom. The average Bonchev–Trinajstić information content (AvgIpc) is 2.67. The third-order valence-corrected chi connectivity index (χ3v) is 6.47. The van der Waals surface area contributed by atoms with Gasteiger partial charge >= 0.3 is 0 Å². The fourth-order valence-corrected chi connectivity index (χ4v) is 4.55. The molecule has 2 aromatic rings. The molecule has 0 unspecified atom stereocenters. The molecule has 27 heavy (non-hydrogen) atoms. The Hall–Kier alpha value is -2.09. The van der Waals surface area contributed by atoms with Crippen molar-refractivity contribution in [2.45, 2.75) is 11.8 Å². The van der Waals surface area contributed by atoms with E-state index in [9.17, 15) is 13.2 Å². The van der Waals surface area contributed by atoms with E-state index in [-0.39, 0.29) is 28.1 Å². The first kappa shape index (κ1) is 19.7. The Kier molecular flexibility index (Phi) is 6.04. The van der Waals surface area contributed by atoms with Crippen LogP contribution in [0.4, 0.5) is 5.69 Å². The lowest BCUT2D eigenvalue weighted by Gasteiger charge is -2.31. The van der Waals surface area contributed by atoms with E-state index in [1.807, 2.05) is 6.92 Å². The molecule has 1 aliphatic heterocycles. The molecule has 6 nitrogen and oxygen atoms in total. The molecule has 0 saturated carbocycles. The zero-order valence-corrected chi connectivity index (χ0v) is 16.5. The van der Waals surface area contributed by atoms with Gasteiger partial charge in [-0.05, 0) is 31.2 Å². The highest BCUT2D eigenvalue weighted by molar-refractivity contribution is 7.92. The van der Waals surface area contributed by atoms with Crippen LogP contribution >= 0.6 is 11.6 Å². The first-order chi connectivity index (χ1) is 12.9. The van der Waals surface area contributed by atoms with E-state index in [0.717, 1.165) is 9.87 Å². The molecule has 1 saturated heterocycles. The molecule has 1 fully saturated rings. The summed E-state index contributed by atoms with van der Waals surface area (Å²) in [7, 11) is -3.96. The summed E-state index contributed by atoms with van der Waals surface area (Å²) in [6, 6.07) is 13.1. The van der Waals surface area contributed by atoms with Crippen LogP contribution in [-0.4, -0.2) is 52.1 Å². The zero-order valence-electron chi connectivity index (χ0n) is 15.0. The van der Waals surface area contributed by atoms with Gasteiger partial charge in [-0.25, -0.2) is 8.42 Å². The number of hydrogen-bond donors (Lipinski definition) is 0. The highest BCUT2D eigenvalue weighted by Crippen LogP contribution is 2.30. The summed E-state index contributed by atoms with van der Waals surface area (Å²) in [4.78, 5) is 14.5. The van der Waals surface area contributed by atoms with Crippen LogP contribution < -0.4 is 4.31 Å². The second-order valence-electron chi connectivity index (χ2n) is 6.27. The minimum Gasteiger partial charge on any atom is -0.378 e. The maximum atomic E-state index is 13.3. The summed E-state index contributed by atoms with van der Waals surface area (Å²) < 4.78 is 32.9. The minimum atomic E-state index is -3.96. The number of aryl methyl sites for hydroxylation is 1. The number of para-hydroxylation sites is 1. The van der Waals surface area contributed by atoms with Crippen molar-refractivity contribution in [2.24, 2.45) is 0 Å². The Morgan fingerprint density at radius 2 is 1.74 bits per heavy atom. The van der Waals surface area contributed by atoms with Crippen molar-refractivity contribution in [1.82, 2.24) is 4.90 Å². The summed E-state index contributed by atoms with van der Waals surface area (Å²) in [6.07, 6.45) is 0. The Morgan fingerprint density at radius 1 is 1.11 bits per heavy atom. The van der Waals surface area contributed by atoms with Crippen LogP contribution in [0.3, 0.4) is 0 Å². The number of amides is 1. The predicted octanol–water partition coefficient (Wildman–Crippen LogP) is 2.70. The van der Waals surface area contributed by atoms with Crippen LogP contribution in [0.5, 0.6) is 0 Å². The van der Waals surface area contributed by atoms with Crippen LogP contribution in [0.25, 0.3) is 0 Å². The molecule has 144 valence electrons. The molecule has 2 aromatic carbocycles. The van der Waals surface area contributed by atoms with Crippen LogP contribution in [-0.2, 0) is 19.6 Å². The smallest absolute Gasteiger partial charge is 0.264 e. The molecule has 3 rings (SSSR count). The van der Waals surface area contributed by atoms with E-state index in [1.54, 1.807) is 41.3 Å². The lowest BCUT2D eigenvalue weighted by Crippen LogP contribution is -2.47. The molecule has 0 bridgehead atoms. The van der Waals surface area contributed by atoms with Gasteiger partial charge < -0.3 is 9.64 Å². The molecule has 8 heteroatoms. The first-order valence-corrected chi connectivity index (χ1v) is 10.4. The fourth-order valence-electron chi connectivity index (χ4n) is 2.83. The summed E-state index contributed by atoms with van der Waals surface area (Å²) >= 11 is 6.26. The summed E-state index contributed by atoms with van der Waals surface area (Å²) in [5, 5.41) is 0.267. The number of sulfonamides is 1. The Bertz CT molecular complexity index is 910. The normalized spacial score (nSPS) is 14.8. The van der Waals surface area contributed by atoms with Gasteiger partial charge in [0.25, 0.3) is 10.0 Å². The summed E-state index contributed by atoms with van der Waals surface area (Å²) in [6.45, 7) is 3.34.